The lowest BCUT2D eigenvalue weighted by molar-refractivity contribution is 0.0980. The monoisotopic (exact) mass is 454 g/mol. The molecule has 5 rings (SSSR count). The normalized spacial score (nSPS) is 11.2. The number of carbonyl (C=O) groups excluding carboxylic acids is 1. The SMILES string of the molecule is Cc1cc(C)c2sc(N(Cc3ccccc3)C(=O)c3nn(C)c(=O)c4ccccc34)nc2c1. The van der Waals surface area contributed by atoms with Crippen molar-refractivity contribution in [2.24, 2.45) is 7.05 Å². The highest BCUT2D eigenvalue weighted by Gasteiger charge is 2.26. The van der Waals surface area contributed by atoms with Crippen LogP contribution < -0.4 is 10.5 Å². The number of anilines is 1. The maximum atomic E-state index is 14.0. The van der Waals surface area contributed by atoms with Crippen molar-refractivity contribution in [2.75, 3.05) is 4.90 Å². The first kappa shape index (κ1) is 21.0. The van der Waals surface area contributed by atoms with E-state index in [0.717, 1.165) is 26.9 Å². The van der Waals surface area contributed by atoms with E-state index in [1.807, 2.05) is 49.4 Å². The van der Waals surface area contributed by atoms with E-state index in [2.05, 4.69) is 18.1 Å². The van der Waals surface area contributed by atoms with Gasteiger partial charge in [-0.3, -0.25) is 14.5 Å². The number of nitrogens with zero attached hydrogens (tertiary/aromatic N) is 4. The zero-order chi connectivity index (χ0) is 23.1. The minimum Gasteiger partial charge on any atom is -0.278 e. The molecule has 0 saturated heterocycles. The number of hydrogen-bond acceptors (Lipinski definition) is 5. The molecule has 0 spiro atoms. The molecule has 0 N–H and O–H groups in total. The molecule has 2 aromatic heterocycles. The van der Waals surface area contributed by atoms with Gasteiger partial charge in [-0.15, -0.1) is 0 Å². The predicted molar refractivity (Wildman–Crippen MR) is 133 cm³/mol. The summed E-state index contributed by atoms with van der Waals surface area (Å²) in [6.07, 6.45) is 0. The highest BCUT2D eigenvalue weighted by atomic mass is 32.1. The van der Waals surface area contributed by atoms with Crippen LogP contribution in [0.1, 0.15) is 27.2 Å². The Hall–Kier alpha value is -3.84. The first-order valence-corrected chi connectivity index (χ1v) is 11.4. The molecule has 5 aromatic rings. The summed E-state index contributed by atoms with van der Waals surface area (Å²) in [7, 11) is 1.57. The Morgan fingerprint density at radius 3 is 2.45 bits per heavy atom. The summed E-state index contributed by atoms with van der Waals surface area (Å²) in [4.78, 5) is 33.0. The van der Waals surface area contributed by atoms with Crippen molar-refractivity contribution < 1.29 is 4.79 Å². The minimum absolute atomic E-state index is 0.232. The zero-order valence-corrected chi connectivity index (χ0v) is 19.4. The maximum absolute atomic E-state index is 14.0. The van der Waals surface area contributed by atoms with Crippen molar-refractivity contribution >= 4 is 43.4 Å². The summed E-state index contributed by atoms with van der Waals surface area (Å²) in [5, 5.41) is 5.97. The van der Waals surface area contributed by atoms with Gasteiger partial charge in [0.15, 0.2) is 10.8 Å². The molecule has 0 unspecified atom stereocenters. The van der Waals surface area contributed by atoms with E-state index in [-0.39, 0.29) is 17.2 Å². The highest BCUT2D eigenvalue weighted by Crippen LogP contribution is 2.34. The van der Waals surface area contributed by atoms with Crippen LogP contribution in [0, 0.1) is 13.8 Å². The standard InChI is InChI=1S/C26H22N4O2S/c1-16-13-17(2)23-21(14-16)27-26(33-23)30(15-18-9-5-4-6-10-18)25(32)22-19-11-7-8-12-20(19)24(31)29(3)28-22/h4-14H,15H2,1-3H3. The molecule has 7 heteroatoms. The first-order valence-electron chi connectivity index (χ1n) is 10.6. The largest absolute Gasteiger partial charge is 0.281 e. The third-order valence-corrected chi connectivity index (χ3v) is 6.86. The second-order valence-electron chi connectivity index (χ2n) is 8.13. The third-order valence-electron chi connectivity index (χ3n) is 5.63. The molecule has 0 bridgehead atoms. The summed E-state index contributed by atoms with van der Waals surface area (Å²) < 4.78 is 2.28. The smallest absolute Gasteiger partial charge is 0.278 e. The molecule has 0 fully saturated rings. The first-order chi connectivity index (χ1) is 15.9. The molecule has 2 heterocycles. The van der Waals surface area contributed by atoms with Crippen LogP contribution in [0.4, 0.5) is 5.13 Å². The number of hydrogen-bond donors (Lipinski definition) is 0. The molecular formula is C26H22N4O2S. The fourth-order valence-corrected chi connectivity index (χ4v) is 5.07. The van der Waals surface area contributed by atoms with Gasteiger partial charge in [-0.1, -0.05) is 65.9 Å². The Bertz CT molecular complexity index is 1570. The fourth-order valence-electron chi connectivity index (χ4n) is 4.06. The average Bonchev–Trinajstić information content (AvgIpc) is 3.24. The molecule has 0 aliphatic heterocycles. The second kappa shape index (κ2) is 8.26. The lowest BCUT2D eigenvalue weighted by Crippen LogP contribution is -2.33. The number of fused-ring (bicyclic) bond motifs is 2. The molecule has 1 amide bonds. The summed E-state index contributed by atoms with van der Waals surface area (Å²) >= 11 is 1.49. The van der Waals surface area contributed by atoms with E-state index in [1.165, 1.54) is 16.0 Å². The van der Waals surface area contributed by atoms with E-state index in [1.54, 1.807) is 30.1 Å². The predicted octanol–water partition coefficient (Wildman–Crippen LogP) is 5.01. The van der Waals surface area contributed by atoms with Crippen LogP contribution in [-0.2, 0) is 13.6 Å². The topological polar surface area (TPSA) is 68.1 Å². The van der Waals surface area contributed by atoms with Gasteiger partial charge in [-0.25, -0.2) is 9.67 Å². The molecule has 0 atom stereocenters. The molecule has 0 aliphatic rings. The van der Waals surface area contributed by atoms with Crippen molar-refractivity contribution in [2.45, 2.75) is 20.4 Å². The fraction of sp³-hybridized carbons (Fsp3) is 0.154. The van der Waals surface area contributed by atoms with Crippen molar-refractivity contribution in [3.63, 3.8) is 0 Å². The number of rotatable bonds is 4. The van der Waals surface area contributed by atoms with E-state index >= 15 is 0 Å². The Morgan fingerprint density at radius 2 is 1.70 bits per heavy atom. The van der Waals surface area contributed by atoms with Gasteiger partial charge in [0.2, 0.25) is 0 Å². The molecule has 6 nitrogen and oxygen atoms in total. The van der Waals surface area contributed by atoms with Crippen molar-refractivity contribution in [3.8, 4) is 0 Å². The quantitative estimate of drug-likeness (QED) is 0.383. The Labute approximate surface area is 194 Å². The van der Waals surface area contributed by atoms with E-state index in [0.29, 0.717) is 22.4 Å². The van der Waals surface area contributed by atoms with Gasteiger partial charge in [0.25, 0.3) is 11.5 Å². The third kappa shape index (κ3) is 3.81. The van der Waals surface area contributed by atoms with Crippen LogP contribution in [0.15, 0.2) is 71.5 Å². The molecule has 3 aromatic carbocycles. The van der Waals surface area contributed by atoms with Crippen LogP contribution in [0.25, 0.3) is 21.0 Å². The Balaban J connectivity index is 1.70. The highest BCUT2D eigenvalue weighted by molar-refractivity contribution is 7.22. The van der Waals surface area contributed by atoms with Crippen LogP contribution in [0.2, 0.25) is 0 Å². The summed E-state index contributed by atoms with van der Waals surface area (Å²) in [5.41, 5.74) is 4.11. The Morgan fingerprint density at radius 1 is 1.00 bits per heavy atom. The van der Waals surface area contributed by atoms with Crippen LogP contribution >= 0.6 is 11.3 Å². The van der Waals surface area contributed by atoms with Crippen LogP contribution in [-0.4, -0.2) is 20.7 Å². The van der Waals surface area contributed by atoms with Gasteiger partial charge in [0, 0.05) is 12.4 Å². The minimum atomic E-state index is -0.293. The molecule has 0 saturated carbocycles. The van der Waals surface area contributed by atoms with Gasteiger partial charge in [0.1, 0.15) is 0 Å². The molecular weight excluding hydrogens is 432 g/mol. The molecule has 33 heavy (non-hydrogen) atoms. The van der Waals surface area contributed by atoms with Gasteiger partial charge < -0.3 is 0 Å². The maximum Gasteiger partial charge on any atom is 0.281 e. The zero-order valence-electron chi connectivity index (χ0n) is 18.6. The van der Waals surface area contributed by atoms with Crippen molar-refractivity contribution in [1.82, 2.24) is 14.8 Å². The van der Waals surface area contributed by atoms with E-state index in [9.17, 15) is 9.59 Å². The van der Waals surface area contributed by atoms with Crippen LogP contribution in [0.3, 0.4) is 0 Å². The number of carbonyl (C=O) groups is 1. The van der Waals surface area contributed by atoms with Gasteiger partial charge in [-0.2, -0.15) is 5.10 Å². The lowest BCUT2D eigenvalue weighted by atomic mass is 10.1. The van der Waals surface area contributed by atoms with E-state index < -0.39 is 0 Å². The lowest BCUT2D eigenvalue weighted by Gasteiger charge is -2.20. The molecule has 164 valence electrons. The van der Waals surface area contributed by atoms with Crippen molar-refractivity contribution in [1.29, 1.82) is 0 Å². The van der Waals surface area contributed by atoms with Crippen molar-refractivity contribution in [3.05, 3.63) is 99.5 Å². The second-order valence-corrected chi connectivity index (χ2v) is 9.10. The Kier molecular flexibility index (Phi) is 5.26. The van der Waals surface area contributed by atoms with Crippen LogP contribution in [0.5, 0.6) is 0 Å². The van der Waals surface area contributed by atoms with E-state index in [4.69, 9.17) is 4.98 Å². The van der Waals surface area contributed by atoms with Gasteiger partial charge in [0.05, 0.1) is 22.1 Å². The molecule has 0 radical (unpaired) electrons. The number of aromatic nitrogens is 3. The summed E-state index contributed by atoms with van der Waals surface area (Å²) in [6.45, 7) is 4.44. The number of aryl methyl sites for hydroxylation is 3. The average molecular weight is 455 g/mol. The summed E-state index contributed by atoms with van der Waals surface area (Å²) in [6, 6.07) is 21.1. The molecule has 0 aliphatic carbocycles. The number of thiazole rings is 1. The number of amides is 1. The number of benzene rings is 3. The van der Waals surface area contributed by atoms with Gasteiger partial charge in [-0.05, 0) is 42.7 Å². The van der Waals surface area contributed by atoms with Gasteiger partial charge >= 0.3 is 0 Å². The summed E-state index contributed by atoms with van der Waals surface area (Å²) in [5.74, 6) is -0.293.